The Bertz CT molecular complexity index is 258. The maximum Gasteiger partial charge on any atom is 0.258 e. The van der Waals surface area contributed by atoms with Crippen LogP contribution in [0.3, 0.4) is 0 Å². The summed E-state index contributed by atoms with van der Waals surface area (Å²) < 4.78 is 28.2. The van der Waals surface area contributed by atoms with Crippen molar-refractivity contribution in [1.82, 2.24) is 0 Å². The molecular weight excluding hydrogens is 229 g/mol. The summed E-state index contributed by atoms with van der Waals surface area (Å²) >= 11 is 0. The summed E-state index contributed by atoms with van der Waals surface area (Å²) in [7, 11) is -3.05. The summed E-state index contributed by atoms with van der Waals surface area (Å²) in [5, 5.41) is 8.53. The van der Waals surface area contributed by atoms with Crippen molar-refractivity contribution in [2.24, 2.45) is 0 Å². The molecule has 0 amide bonds. The SMILES string of the molecule is CCOC(OCC)P(=O)(CCC#N)OCC. The van der Waals surface area contributed by atoms with E-state index in [0.717, 1.165) is 0 Å². The molecule has 0 aromatic rings. The number of ether oxygens (including phenoxy) is 2. The van der Waals surface area contributed by atoms with E-state index in [2.05, 4.69) is 0 Å². The molecular formula is C10H20NO4P. The minimum atomic E-state index is -3.05. The Morgan fingerprint density at radius 2 is 1.75 bits per heavy atom. The van der Waals surface area contributed by atoms with Gasteiger partial charge in [-0.2, -0.15) is 5.26 Å². The van der Waals surface area contributed by atoms with Gasteiger partial charge in [0.05, 0.1) is 12.7 Å². The van der Waals surface area contributed by atoms with E-state index in [1.165, 1.54) is 0 Å². The first-order valence-corrected chi connectivity index (χ1v) is 7.35. The van der Waals surface area contributed by atoms with Gasteiger partial charge in [-0.3, -0.25) is 4.57 Å². The molecule has 0 rings (SSSR count). The third-order valence-electron chi connectivity index (χ3n) is 1.82. The maximum atomic E-state index is 12.4. The van der Waals surface area contributed by atoms with Gasteiger partial charge in [0.25, 0.3) is 7.37 Å². The van der Waals surface area contributed by atoms with Gasteiger partial charge in [0.2, 0.25) is 6.03 Å². The van der Waals surface area contributed by atoms with Gasteiger partial charge in [-0.25, -0.2) is 0 Å². The highest BCUT2D eigenvalue weighted by Crippen LogP contribution is 2.53. The van der Waals surface area contributed by atoms with Gasteiger partial charge in [-0.15, -0.1) is 0 Å². The Labute approximate surface area is 97.1 Å². The third kappa shape index (κ3) is 5.09. The van der Waals surface area contributed by atoms with E-state index in [4.69, 9.17) is 19.3 Å². The van der Waals surface area contributed by atoms with Crippen molar-refractivity contribution in [2.45, 2.75) is 33.2 Å². The smallest absolute Gasteiger partial charge is 0.258 e. The Balaban J connectivity index is 4.66. The van der Waals surface area contributed by atoms with Gasteiger partial charge in [-0.1, -0.05) is 0 Å². The fraction of sp³-hybridized carbons (Fsp3) is 0.900. The van der Waals surface area contributed by atoms with Crippen molar-refractivity contribution in [3.05, 3.63) is 0 Å². The first-order valence-electron chi connectivity index (χ1n) is 5.48. The lowest BCUT2D eigenvalue weighted by Gasteiger charge is -2.25. The van der Waals surface area contributed by atoms with Crippen LogP contribution >= 0.6 is 7.37 Å². The van der Waals surface area contributed by atoms with Gasteiger partial charge in [0, 0.05) is 25.8 Å². The summed E-state index contributed by atoms with van der Waals surface area (Å²) in [5.74, 6) is 0. The summed E-state index contributed by atoms with van der Waals surface area (Å²) in [5.41, 5.74) is 0. The number of nitrogens with zero attached hydrogens (tertiary/aromatic N) is 1. The van der Waals surface area contributed by atoms with E-state index in [9.17, 15) is 4.57 Å². The molecule has 0 aliphatic carbocycles. The van der Waals surface area contributed by atoms with Crippen LogP contribution in [-0.2, 0) is 18.6 Å². The molecule has 0 heterocycles. The lowest BCUT2D eigenvalue weighted by Crippen LogP contribution is -2.21. The van der Waals surface area contributed by atoms with Crippen molar-refractivity contribution in [2.75, 3.05) is 26.0 Å². The first kappa shape index (κ1) is 15.6. The number of hydrogen-bond donors (Lipinski definition) is 0. The van der Waals surface area contributed by atoms with E-state index >= 15 is 0 Å². The average Bonchev–Trinajstić information content (AvgIpc) is 2.26. The van der Waals surface area contributed by atoms with Gasteiger partial charge in [0.15, 0.2) is 0 Å². The van der Waals surface area contributed by atoms with Crippen LogP contribution in [0.4, 0.5) is 0 Å². The Morgan fingerprint density at radius 1 is 1.19 bits per heavy atom. The van der Waals surface area contributed by atoms with Crippen LogP contribution < -0.4 is 0 Å². The van der Waals surface area contributed by atoms with Crippen molar-refractivity contribution in [3.63, 3.8) is 0 Å². The molecule has 6 heteroatoms. The molecule has 0 aliphatic heterocycles. The van der Waals surface area contributed by atoms with Crippen LogP contribution in [0, 0.1) is 11.3 Å². The minimum absolute atomic E-state index is 0.169. The highest BCUT2D eigenvalue weighted by molar-refractivity contribution is 7.59. The molecule has 0 spiro atoms. The molecule has 16 heavy (non-hydrogen) atoms. The number of rotatable bonds is 9. The van der Waals surface area contributed by atoms with E-state index in [1.807, 2.05) is 6.07 Å². The predicted molar refractivity (Wildman–Crippen MR) is 61.4 cm³/mol. The second-order valence-corrected chi connectivity index (χ2v) is 5.57. The normalized spacial score (nSPS) is 14.7. The van der Waals surface area contributed by atoms with E-state index in [0.29, 0.717) is 19.8 Å². The highest BCUT2D eigenvalue weighted by atomic mass is 31.2. The second kappa shape index (κ2) is 8.72. The lowest BCUT2D eigenvalue weighted by molar-refractivity contribution is -0.0888. The molecule has 94 valence electrons. The fourth-order valence-electron chi connectivity index (χ4n) is 1.22. The number of nitriles is 1. The zero-order valence-corrected chi connectivity index (χ0v) is 11.0. The van der Waals surface area contributed by atoms with Gasteiger partial charge >= 0.3 is 0 Å². The Morgan fingerprint density at radius 3 is 2.12 bits per heavy atom. The fourth-order valence-corrected chi connectivity index (χ4v) is 3.28. The summed E-state index contributed by atoms with van der Waals surface area (Å²) in [4.78, 5) is 0. The molecule has 0 N–H and O–H groups in total. The molecule has 0 saturated carbocycles. The maximum absolute atomic E-state index is 12.4. The van der Waals surface area contributed by atoms with Crippen molar-refractivity contribution >= 4 is 7.37 Å². The summed E-state index contributed by atoms with van der Waals surface area (Å²) in [6, 6.07) is 1.11. The third-order valence-corrected chi connectivity index (χ3v) is 4.31. The minimum Gasteiger partial charge on any atom is -0.345 e. The van der Waals surface area contributed by atoms with E-state index in [-0.39, 0.29) is 12.6 Å². The lowest BCUT2D eigenvalue weighted by atomic mass is 10.6. The number of hydrogen-bond acceptors (Lipinski definition) is 5. The summed E-state index contributed by atoms with van der Waals surface area (Å²) in [6.45, 7) is 6.47. The largest absolute Gasteiger partial charge is 0.345 e. The second-order valence-electron chi connectivity index (χ2n) is 2.99. The zero-order valence-electron chi connectivity index (χ0n) is 10.1. The highest BCUT2D eigenvalue weighted by Gasteiger charge is 2.35. The quantitative estimate of drug-likeness (QED) is 0.464. The molecule has 0 aliphatic rings. The van der Waals surface area contributed by atoms with Crippen LogP contribution in [0.2, 0.25) is 0 Å². The van der Waals surface area contributed by atoms with E-state index < -0.39 is 13.4 Å². The molecule has 1 unspecified atom stereocenters. The molecule has 1 atom stereocenters. The average molecular weight is 249 g/mol. The van der Waals surface area contributed by atoms with Crippen molar-refractivity contribution < 1.29 is 18.6 Å². The van der Waals surface area contributed by atoms with Crippen LogP contribution in [0.15, 0.2) is 0 Å². The van der Waals surface area contributed by atoms with Gasteiger partial charge in [0.1, 0.15) is 0 Å². The van der Waals surface area contributed by atoms with Crippen LogP contribution in [0.25, 0.3) is 0 Å². The molecule has 0 aromatic heterocycles. The van der Waals surface area contributed by atoms with Crippen molar-refractivity contribution in [3.8, 4) is 6.07 Å². The monoisotopic (exact) mass is 249 g/mol. The van der Waals surface area contributed by atoms with E-state index in [1.54, 1.807) is 20.8 Å². The Hall–Kier alpha value is -0.400. The van der Waals surface area contributed by atoms with Gasteiger partial charge < -0.3 is 14.0 Å². The van der Waals surface area contributed by atoms with Gasteiger partial charge in [-0.05, 0) is 20.8 Å². The molecule has 0 fully saturated rings. The molecule has 0 saturated heterocycles. The molecule has 0 radical (unpaired) electrons. The molecule has 5 nitrogen and oxygen atoms in total. The predicted octanol–water partition coefficient (Wildman–Crippen LogP) is 2.57. The zero-order chi connectivity index (χ0) is 12.4. The van der Waals surface area contributed by atoms with Crippen LogP contribution in [-0.4, -0.2) is 32.0 Å². The topological polar surface area (TPSA) is 68.5 Å². The molecule has 0 bridgehead atoms. The van der Waals surface area contributed by atoms with Crippen LogP contribution in [0.5, 0.6) is 0 Å². The Kier molecular flexibility index (Phi) is 8.50. The summed E-state index contributed by atoms with van der Waals surface area (Å²) in [6.07, 6.45) is 0.343. The first-order chi connectivity index (χ1) is 7.64. The van der Waals surface area contributed by atoms with Crippen molar-refractivity contribution in [1.29, 1.82) is 5.26 Å². The van der Waals surface area contributed by atoms with Crippen LogP contribution in [0.1, 0.15) is 27.2 Å². The molecule has 0 aromatic carbocycles. The standard InChI is InChI=1S/C10H20NO4P/c1-4-13-10(14-5-2)16(12,15-6-3)9-7-8-11/h10H,4-7,9H2,1-3H3.